The molecule has 0 unspecified atom stereocenters. The summed E-state index contributed by atoms with van der Waals surface area (Å²) in [5, 5.41) is 10.6. The fourth-order valence-corrected chi connectivity index (χ4v) is 3.19. The summed E-state index contributed by atoms with van der Waals surface area (Å²) in [7, 11) is 0. The first-order valence-electron chi connectivity index (χ1n) is 10.9. The van der Waals surface area contributed by atoms with E-state index in [9.17, 15) is 14.7 Å². The van der Waals surface area contributed by atoms with Crippen molar-refractivity contribution in [3.63, 3.8) is 0 Å². The van der Waals surface area contributed by atoms with E-state index in [2.05, 4.69) is 0 Å². The molecule has 0 aliphatic carbocycles. The van der Waals surface area contributed by atoms with E-state index in [4.69, 9.17) is 14.2 Å². The van der Waals surface area contributed by atoms with Crippen molar-refractivity contribution < 1.29 is 28.9 Å². The largest absolute Gasteiger partial charge is 0.507 e. The number of rotatable bonds is 12. The number of aryl methyl sites for hydroxylation is 2. The van der Waals surface area contributed by atoms with Crippen LogP contribution in [0.5, 0.6) is 11.5 Å². The molecule has 6 heteroatoms. The third kappa shape index (κ3) is 7.63. The summed E-state index contributed by atoms with van der Waals surface area (Å²) < 4.78 is 15.9. The van der Waals surface area contributed by atoms with Gasteiger partial charge in [-0.1, -0.05) is 19.1 Å². The average molecular weight is 429 g/mol. The molecule has 0 radical (unpaired) electrons. The molecule has 0 spiro atoms. The lowest BCUT2D eigenvalue weighted by Gasteiger charge is -2.15. The van der Waals surface area contributed by atoms with Gasteiger partial charge in [0.1, 0.15) is 11.5 Å². The molecule has 1 N–H and O–H groups in total. The number of ether oxygens (including phenoxy) is 3. The van der Waals surface area contributed by atoms with Gasteiger partial charge in [-0.25, -0.2) is 0 Å². The molecule has 6 nitrogen and oxygen atoms in total. The molecule has 31 heavy (non-hydrogen) atoms. The Bertz CT molecular complexity index is 874. The lowest BCUT2D eigenvalue weighted by atomic mass is 9.96. The first-order chi connectivity index (χ1) is 15.0. The molecule has 0 aliphatic rings. The van der Waals surface area contributed by atoms with Crippen molar-refractivity contribution in [2.24, 2.45) is 0 Å². The van der Waals surface area contributed by atoms with Gasteiger partial charge in [-0.05, 0) is 68.5 Å². The fraction of sp³-hybridized carbons (Fsp3) is 0.440. The number of hydrogen-bond acceptors (Lipinski definition) is 6. The zero-order valence-corrected chi connectivity index (χ0v) is 18.6. The third-order valence-electron chi connectivity index (χ3n) is 4.70. The van der Waals surface area contributed by atoms with Gasteiger partial charge in [-0.3, -0.25) is 9.59 Å². The fourth-order valence-electron chi connectivity index (χ4n) is 3.19. The van der Waals surface area contributed by atoms with Gasteiger partial charge in [-0.15, -0.1) is 0 Å². The minimum Gasteiger partial charge on any atom is -0.507 e. The molecule has 2 aromatic rings. The monoisotopic (exact) mass is 428 g/mol. The van der Waals surface area contributed by atoms with Crippen LogP contribution in [0, 0.1) is 0 Å². The quantitative estimate of drug-likeness (QED) is 0.487. The van der Waals surface area contributed by atoms with Crippen LogP contribution in [0.1, 0.15) is 51.2 Å². The molecule has 0 saturated carbocycles. The van der Waals surface area contributed by atoms with E-state index in [1.54, 1.807) is 26.0 Å². The van der Waals surface area contributed by atoms with Gasteiger partial charge in [0.15, 0.2) is 0 Å². The number of phenolic OH excluding ortho intramolecular Hbond substituents is 1. The van der Waals surface area contributed by atoms with E-state index >= 15 is 0 Å². The van der Waals surface area contributed by atoms with E-state index in [1.165, 1.54) is 0 Å². The molecule has 0 heterocycles. The van der Waals surface area contributed by atoms with Crippen molar-refractivity contribution in [3.05, 3.63) is 47.5 Å². The van der Waals surface area contributed by atoms with Gasteiger partial charge >= 0.3 is 11.9 Å². The maximum Gasteiger partial charge on any atom is 0.306 e. The topological polar surface area (TPSA) is 82.1 Å². The molecule has 168 valence electrons. The van der Waals surface area contributed by atoms with E-state index < -0.39 is 0 Å². The summed E-state index contributed by atoms with van der Waals surface area (Å²) in [6, 6.07) is 11.0. The standard InChI is InChI=1S/C25H32O6/c1-4-15-31-23-12-8-19(10-14-25(28)30-6-3)17-21(23)20-16-18(7-11-22(20)26)9-13-24(27)29-5-2/h7-8,11-12,16-17,26H,4-6,9-10,13-15H2,1-3H3. The van der Waals surface area contributed by atoms with Crippen molar-refractivity contribution in [1.29, 1.82) is 0 Å². The van der Waals surface area contributed by atoms with Crippen LogP contribution in [0.3, 0.4) is 0 Å². The number of hydrogen-bond donors (Lipinski definition) is 1. The summed E-state index contributed by atoms with van der Waals surface area (Å²) in [4.78, 5) is 23.4. The Kier molecular flexibility index (Phi) is 9.88. The molecule has 0 bridgehead atoms. The summed E-state index contributed by atoms with van der Waals surface area (Å²) in [6.07, 6.45) is 2.46. The minimum absolute atomic E-state index is 0.128. The Morgan fingerprint density at radius 1 is 0.806 bits per heavy atom. The van der Waals surface area contributed by atoms with Crippen LogP contribution in [-0.4, -0.2) is 36.9 Å². The lowest BCUT2D eigenvalue weighted by Crippen LogP contribution is -2.06. The normalized spacial score (nSPS) is 10.5. The number of benzene rings is 2. The number of carbonyl (C=O) groups excluding carboxylic acids is 2. The Labute approximate surface area is 184 Å². The predicted octanol–water partition coefficient (Wildman–Crippen LogP) is 4.84. The summed E-state index contributed by atoms with van der Waals surface area (Å²) in [5.41, 5.74) is 3.25. The zero-order valence-electron chi connectivity index (χ0n) is 18.6. The smallest absolute Gasteiger partial charge is 0.306 e. The van der Waals surface area contributed by atoms with Crippen LogP contribution in [0.4, 0.5) is 0 Å². The van der Waals surface area contributed by atoms with Crippen LogP contribution in [0.15, 0.2) is 36.4 Å². The third-order valence-corrected chi connectivity index (χ3v) is 4.70. The maximum atomic E-state index is 11.7. The van der Waals surface area contributed by atoms with Crippen LogP contribution in [-0.2, 0) is 31.9 Å². The van der Waals surface area contributed by atoms with Crippen molar-refractivity contribution >= 4 is 11.9 Å². The second-order valence-corrected chi connectivity index (χ2v) is 7.14. The van der Waals surface area contributed by atoms with Crippen molar-refractivity contribution in [2.75, 3.05) is 19.8 Å². The number of esters is 2. The Morgan fingerprint density at radius 3 is 1.90 bits per heavy atom. The van der Waals surface area contributed by atoms with Crippen LogP contribution < -0.4 is 4.74 Å². The molecule has 0 atom stereocenters. The average Bonchev–Trinajstić information content (AvgIpc) is 2.76. The van der Waals surface area contributed by atoms with Gasteiger partial charge in [-0.2, -0.15) is 0 Å². The highest BCUT2D eigenvalue weighted by atomic mass is 16.5. The Hall–Kier alpha value is -3.02. The SMILES string of the molecule is CCCOc1ccc(CCC(=O)OCC)cc1-c1cc(CCC(=O)OCC)ccc1O. The molecular weight excluding hydrogens is 396 g/mol. The van der Waals surface area contributed by atoms with Crippen molar-refractivity contribution in [2.45, 2.75) is 52.9 Å². The highest BCUT2D eigenvalue weighted by molar-refractivity contribution is 5.77. The van der Waals surface area contributed by atoms with E-state index in [1.807, 2.05) is 31.2 Å². The second-order valence-electron chi connectivity index (χ2n) is 7.14. The van der Waals surface area contributed by atoms with E-state index in [0.29, 0.717) is 44.0 Å². The number of phenols is 1. The lowest BCUT2D eigenvalue weighted by molar-refractivity contribution is -0.144. The van der Waals surface area contributed by atoms with E-state index in [-0.39, 0.29) is 30.5 Å². The maximum absolute atomic E-state index is 11.7. The molecule has 2 aromatic carbocycles. The number of aromatic hydroxyl groups is 1. The van der Waals surface area contributed by atoms with Crippen LogP contribution >= 0.6 is 0 Å². The van der Waals surface area contributed by atoms with Crippen molar-refractivity contribution in [1.82, 2.24) is 0 Å². The summed E-state index contributed by atoms with van der Waals surface area (Å²) in [5.74, 6) is 0.313. The zero-order chi connectivity index (χ0) is 22.6. The molecule has 0 aromatic heterocycles. The first kappa shape index (κ1) is 24.3. The van der Waals surface area contributed by atoms with Crippen molar-refractivity contribution in [3.8, 4) is 22.6 Å². The first-order valence-corrected chi connectivity index (χ1v) is 10.9. The Balaban J connectivity index is 2.31. The molecule has 0 saturated heterocycles. The highest BCUT2D eigenvalue weighted by Crippen LogP contribution is 2.38. The second kappa shape index (κ2) is 12.6. The van der Waals surface area contributed by atoms with Gasteiger partial charge in [0.2, 0.25) is 0 Å². The summed E-state index contributed by atoms with van der Waals surface area (Å²) in [6.45, 7) is 6.87. The molecule has 0 aliphatic heterocycles. The van der Waals surface area contributed by atoms with Crippen LogP contribution in [0.2, 0.25) is 0 Å². The van der Waals surface area contributed by atoms with E-state index in [0.717, 1.165) is 23.1 Å². The minimum atomic E-state index is -0.245. The highest BCUT2D eigenvalue weighted by Gasteiger charge is 2.14. The molecule has 0 fully saturated rings. The van der Waals surface area contributed by atoms with Crippen LogP contribution in [0.25, 0.3) is 11.1 Å². The van der Waals surface area contributed by atoms with Gasteiger partial charge in [0.25, 0.3) is 0 Å². The molecule has 0 amide bonds. The molecule has 2 rings (SSSR count). The van der Waals surface area contributed by atoms with Gasteiger partial charge < -0.3 is 19.3 Å². The predicted molar refractivity (Wildman–Crippen MR) is 119 cm³/mol. The summed E-state index contributed by atoms with van der Waals surface area (Å²) >= 11 is 0. The number of carbonyl (C=O) groups is 2. The molecular formula is C25H32O6. The van der Waals surface area contributed by atoms with Gasteiger partial charge in [0, 0.05) is 24.0 Å². The Morgan fingerprint density at radius 2 is 1.35 bits per heavy atom. The van der Waals surface area contributed by atoms with Gasteiger partial charge in [0.05, 0.1) is 19.8 Å².